The van der Waals surface area contributed by atoms with Gasteiger partial charge in [0.25, 0.3) is 0 Å². The molecule has 1 N–H and O–H groups in total. The largest absolute Gasteiger partial charge is 0.459 e. The van der Waals surface area contributed by atoms with Crippen LogP contribution in [0.2, 0.25) is 0 Å². The van der Waals surface area contributed by atoms with Crippen molar-refractivity contribution >= 4 is 11.9 Å². The van der Waals surface area contributed by atoms with E-state index >= 15 is 0 Å². The Balaban J connectivity index is 1.45. The van der Waals surface area contributed by atoms with E-state index in [2.05, 4.69) is 0 Å². The molecule has 0 aromatic heterocycles. The second-order valence-electron chi connectivity index (χ2n) is 13.5. The molecule has 34 heavy (non-hydrogen) atoms. The summed E-state index contributed by atoms with van der Waals surface area (Å²) < 4.78 is 17.6. The summed E-state index contributed by atoms with van der Waals surface area (Å²) in [6.45, 7) is 12.3. The second-order valence-corrected chi connectivity index (χ2v) is 13.5. The summed E-state index contributed by atoms with van der Waals surface area (Å²) in [6.07, 6.45) is 8.88. The van der Waals surface area contributed by atoms with E-state index in [1.54, 1.807) is 0 Å². The van der Waals surface area contributed by atoms with Gasteiger partial charge in [-0.25, -0.2) is 0 Å². The first-order chi connectivity index (χ1) is 15.7. The highest BCUT2D eigenvalue weighted by Gasteiger charge is 2.63. The maximum atomic E-state index is 13.7. The van der Waals surface area contributed by atoms with Crippen molar-refractivity contribution in [1.29, 1.82) is 0 Å². The van der Waals surface area contributed by atoms with Crippen LogP contribution in [0, 0.1) is 28.1 Å². The normalized spacial score (nSPS) is 37.2. The summed E-state index contributed by atoms with van der Waals surface area (Å²) >= 11 is 0. The topological polar surface area (TPSA) is 82.1 Å². The van der Waals surface area contributed by atoms with Crippen LogP contribution in [0.5, 0.6) is 0 Å². The number of esters is 2. The van der Waals surface area contributed by atoms with Gasteiger partial charge in [-0.1, -0.05) is 6.92 Å². The molecule has 1 saturated heterocycles. The summed E-state index contributed by atoms with van der Waals surface area (Å²) in [6, 6.07) is 0. The Morgan fingerprint density at radius 3 is 2.18 bits per heavy atom. The third-order valence-electron chi connectivity index (χ3n) is 9.69. The standard InChI is InChI=1S/C28H46O6/c1-7-26(6,17-24(2,3)22(29)33-21-10-8-9-11-32-21)23(30)34-25(4,5)27-13-19-12-20(14-27)16-28(31,15-19)18-27/h19-21,31H,7-18H2,1-6H3. The molecular weight excluding hydrogens is 432 g/mol. The van der Waals surface area contributed by atoms with E-state index < -0.39 is 28.3 Å². The molecule has 4 aliphatic carbocycles. The average molecular weight is 479 g/mol. The van der Waals surface area contributed by atoms with Crippen LogP contribution in [0.1, 0.15) is 112 Å². The molecule has 5 fully saturated rings. The van der Waals surface area contributed by atoms with Gasteiger partial charge in [0, 0.05) is 11.8 Å². The molecule has 5 aliphatic rings. The van der Waals surface area contributed by atoms with Crippen molar-refractivity contribution < 1.29 is 28.9 Å². The SMILES string of the molecule is CCC(C)(CC(C)(C)C(=O)OC1CCCCO1)C(=O)OC(C)(C)C12CC3CC(CC(O)(C3)C1)C2. The molecule has 0 aromatic rings. The highest BCUT2D eigenvalue weighted by Crippen LogP contribution is 2.65. The number of rotatable bonds is 8. The quantitative estimate of drug-likeness (QED) is 0.461. The Kier molecular flexibility index (Phi) is 6.68. The number of carbonyl (C=O) groups excluding carboxylic acids is 2. The van der Waals surface area contributed by atoms with Gasteiger partial charge < -0.3 is 19.3 Å². The van der Waals surface area contributed by atoms with Crippen LogP contribution in [-0.4, -0.2) is 41.1 Å². The summed E-state index contributed by atoms with van der Waals surface area (Å²) in [5.74, 6) is 0.474. The van der Waals surface area contributed by atoms with Gasteiger partial charge in [0.05, 0.1) is 23.0 Å². The maximum absolute atomic E-state index is 13.7. The Labute approximate surface area is 205 Å². The Morgan fingerprint density at radius 2 is 1.65 bits per heavy atom. The lowest BCUT2D eigenvalue weighted by molar-refractivity contribution is -0.237. The lowest BCUT2D eigenvalue weighted by Gasteiger charge is -2.64. The Hall–Kier alpha value is -1.14. The molecule has 1 heterocycles. The number of hydrogen-bond donors (Lipinski definition) is 1. The fourth-order valence-corrected chi connectivity index (χ4v) is 7.85. The summed E-state index contributed by atoms with van der Waals surface area (Å²) in [5, 5.41) is 11.2. The molecular formula is C28H46O6. The molecule has 0 aromatic carbocycles. The van der Waals surface area contributed by atoms with E-state index in [1.165, 1.54) is 6.42 Å². The van der Waals surface area contributed by atoms with Gasteiger partial charge in [-0.3, -0.25) is 9.59 Å². The molecule has 4 unspecified atom stereocenters. The van der Waals surface area contributed by atoms with Crippen LogP contribution >= 0.6 is 0 Å². The maximum Gasteiger partial charge on any atom is 0.313 e. The zero-order valence-electron chi connectivity index (χ0n) is 22.2. The number of aliphatic hydroxyl groups is 1. The molecule has 0 spiro atoms. The minimum atomic E-state index is -0.843. The highest BCUT2D eigenvalue weighted by molar-refractivity contribution is 5.80. The molecule has 4 bridgehead atoms. The van der Waals surface area contributed by atoms with Crippen molar-refractivity contribution in [3.05, 3.63) is 0 Å². The van der Waals surface area contributed by atoms with Gasteiger partial charge >= 0.3 is 11.9 Å². The molecule has 4 saturated carbocycles. The predicted octanol–water partition coefficient (Wildman–Crippen LogP) is 5.54. The van der Waals surface area contributed by atoms with E-state index in [0.29, 0.717) is 31.3 Å². The third kappa shape index (κ3) is 4.78. The smallest absolute Gasteiger partial charge is 0.313 e. The van der Waals surface area contributed by atoms with Crippen LogP contribution in [0.25, 0.3) is 0 Å². The fraction of sp³-hybridized carbons (Fsp3) is 0.929. The van der Waals surface area contributed by atoms with E-state index in [1.807, 2.05) is 41.5 Å². The Morgan fingerprint density at radius 1 is 1.00 bits per heavy atom. The van der Waals surface area contributed by atoms with E-state index in [4.69, 9.17) is 14.2 Å². The zero-order chi connectivity index (χ0) is 25.0. The fourth-order valence-electron chi connectivity index (χ4n) is 7.85. The molecule has 194 valence electrons. The third-order valence-corrected chi connectivity index (χ3v) is 9.69. The summed E-state index contributed by atoms with van der Waals surface area (Å²) in [5.41, 5.74) is -3.11. The van der Waals surface area contributed by atoms with E-state index in [0.717, 1.165) is 51.4 Å². The van der Waals surface area contributed by atoms with Crippen LogP contribution in [0.15, 0.2) is 0 Å². The van der Waals surface area contributed by atoms with Crippen molar-refractivity contribution in [2.75, 3.05) is 6.61 Å². The van der Waals surface area contributed by atoms with Crippen molar-refractivity contribution in [2.24, 2.45) is 28.1 Å². The molecule has 4 atom stereocenters. The van der Waals surface area contributed by atoms with Gasteiger partial charge in [0.1, 0.15) is 5.60 Å². The lowest BCUT2D eigenvalue weighted by atomic mass is 9.44. The monoisotopic (exact) mass is 478 g/mol. The summed E-state index contributed by atoms with van der Waals surface area (Å²) in [7, 11) is 0. The zero-order valence-corrected chi connectivity index (χ0v) is 22.2. The van der Waals surface area contributed by atoms with Crippen molar-refractivity contribution in [2.45, 2.75) is 130 Å². The predicted molar refractivity (Wildman–Crippen MR) is 129 cm³/mol. The minimum Gasteiger partial charge on any atom is -0.459 e. The van der Waals surface area contributed by atoms with Gasteiger partial charge in [0.2, 0.25) is 6.29 Å². The van der Waals surface area contributed by atoms with Crippen molar-refractivity contribution in [3.63, 3.8) is 0 Å². The molecule has 6 nitrogen and oxygen atoms in total. The molecule has 0 amide bonds. The van der Waals surface area contributed by atoms with E-state index in [9.17, 15) is 14.7 Å². The van der Waals surface area contributed by atoms with Gasteiger partial charge in [-0.2, -0.15) is 0 Å². The minimum absolute atomic E-state index is 0.178. The Bertz CT molecular complexity index is 781. The van der Waals surface area contributed by atoms with Gasteiger partial charge in [-0.05, 0) is 111 Å². The lowest BCUT2D eigenvalue weighted by Crippen LogP contribution is -2.63. The van der Waals surface area contributed by atoms with Gasteiger partial charge in [-0.15, -0.1) is 0 Å². The molecule has 1 aliphatic heterocycles. The van der Waals surface area contributed by atoms with Crippen LogP contribution in [-0.2, 0) is 23.8 Å². The van der Waals surface area contributed by atoms with Crippen LogP contribution in [0.4, 0.5) is 0 Å². The first kappa shape index (κ1) is 25.9. The number of hydrogen-bond acceptors (Lipinski definition) is 6. The number of carbonyl (C=O) groups is 2. The average Bonchev–Trinajstić information content (AvgIpc) is 2.72. The first-order valence-corrected chi connectivity index (χ1v) is 13.5. The molecule has 6 heteroatoms. The molecule has 5 rings (SSSR count). The van der Waals surface area contributed by atoms with Crippen molar-refractivity contribution in [1.82, 2.24) is 0 Å². The van der Waals surface area contributed by atoms with Gasteiger partial charge in [0.15, 0.2) is 0 Å². The summed E-state index contributed by atoms with van der Waals surface area (Å²) in [4.78, 5) is 26.7. The highest BCUT2D eigenvalue weighted by atomic mass is 16.7. The molecule has 0 radical (unpaired) electrons. The van der Waals surface area contributed by atoms with Crippen molar-refractivity contribution in [3.8, 4) is 0 Å². The van der Waals surface area contributed by atoms with E-state index in [-0.39, 0.29) is 17.4 Å². The first-order valence-electron chi connectivity index (χ1n) is 13.5. The second kappa shape index (κ2) is 8.76. The van der Waals surface area contributed by atoms with Crippen LogP contribution in [0.3, 0.4) is 0 Å². The number of ether oxygens (including phenoxy) is 3. The van der Waals surface area contributed by atoms with Crippen LogP contribution < -0.4 is 0 Å².